The lowest BCUT2D eigenvalue weighted by molar-refractivity contribution is 0.334. The summed E-state index contributed by atoms with van der Waals surface area (Å²) in [5.74, 6) is 7.00. The standard InChI is InChI=1S/C13H23N/c1-2-3-7-11-14-12-10-13-8-5-4-6-9-13/h13-14H,4-12H2,1H3. The van der Waals surface area contributed by atoms with Crippen LogP contribution in [0.2, 0.25) is 0 Å². The first-order valence-electron chi connectivity index (χ1n) is 6.04. The Morgan fingerprint density at radius 2 is 1.93 bits per heavy atom. The van der Waals surface area contributed by atoms with E-state index in [2.05, 4.69) is 17.2 Å². The average molecular weight is 193 g/mol. The summed E-state index contributed by atoms with van der Waals surface area (Å²) < 4.78 is 0. The van der Waals surface area contributed by atoms with Crippen LogP contribution in [-0.4, -0.2) is 13.1 Å². The molecule has 0 heterocycles. The quantitative estimate of drug-likeness (QED) is 0.523. The van der Waals surface area contributed by atoms with Gasteiger partial charge in [-0.25, -0.2) is 0 Å². The second-order valence-electron chi connectivity index (χ2n) is 4.22. The molecular formula is C13H23N. The highest BCUT2D eigenvalue weighted by atomic mass is 14.8. The van der Waals surface area contributed by atoms with E-state index in [4.69, 9.17) is 0 Å². The highest BCUT2D eigenvalue weighted by Crippen LogP contribution is 2.25. The Balaban J connectivity index is 1.89. The fraction of sp³-hybridized carbons (Fsp3) is 0.846. The molecule has 1 saturated carbocycles. The minimum atomic E-state index is 1.00. The van der Waals surface area contributed by atoms with Gasteiger partial charge in [0, 0.05) is 13.0 Å². The molecule has 0 atom stereocenters. The molecule has 1 rings (SSSR count). The van der Waals surface area contributed by atoms with Gasteiger partial charge in [-0.1, -0.05) is 32.1 Å². The zero-order valence-electron chi connectivity index (χ0n) is 9.44. The molecular weight excluding hydrogens is 170 g/mol. The van der Waals surface area contributed by atoms with E-state index < -0.39 is 0 Å². The van der Waals surface area contributed by atoms with Crippen molar-refractivity contribution in [3.63, 3.8) is 0 Å². The van der Waals surface area contributed by atoms with Gasteiger partial charge in [0.2, 0.25) is 0 Å². The Kier molecular flexibility index (Phi) is 6.53. The first-order valence-corrected chi connectivity index (χ1v) is 6.04. The van der Waals surface area contributed by atoms with Crippen LogP contribution in [0.25, 0.3) is 0 Å². The molecule has 14 heavy (non-hydrogen) atoms. The number of nitrogens with one attached hydrogen (secondary N) is 1. The van der Waals surface area contributed by atoms with Gasteiger partial charge >= 0.3 is 0 Å². The Hall–Kier alpha value is -0.480. The molecule has 1 heteroatoms. The summed E-state index contributed by atoms with van der Waals surface area (Å²) in [6, 6.07) is 0. The van der Waals surface area contributed by atoms with Gasteiger partial charge in [-0.05, 0) is 25.8 Å². The van der Waals surface area contributed by atoms with Gasteiger partial charge in [-0.3, -0.25) is 0 Å². The summed E-state index contributed by atoms with van der Waals surface area (Å²) in [6.07, 6.45) is 9.71. The fourth-order valence-electron chi connectivity index (χ4n) is 2.18. The zero-order chi connectivity index (χ0) is 10.1. The highest BCUT2D eigenvalue weighted by molar-refractivity contribution is 4.95. The molecule has 0 amide bonds. The van der Waals surface area contributed by atoms with E-state index in [1.807, 2.05) is 6.92 Å². The van der Waals surface area contributed by atoms with Crippen LogP contribution in [0, 0.1) is 17.8 Å². The van der Waals surface area contributed by atoms with Crippen LogP contribution >= 0.6 is 0 Å². The number of rotatable bonds is 5. The molecule has 0 bridgehead atoms. The minimum absolute atomic E-state index is 1.00. The van der Waals surface area contributed by atoms with Gasteiger partial charge in [-0.2, -0.15) is 0 Å². The molecule has 0 aromatic heterocycles. The SMILES string of the molecule is CC#CCCNCCC1CCCCC1. The maximum absolute atomic E-state index is 3.46. The van der Waals surface area contributed by atoms with Crippen LogP contribution in [0.4, 0.5) is 0 Å². The molecule has 0 aromatic carbocycles. The van der Waals surface area contributed by atoms with Crippen molar-refractivity contribution in [2.45, 2.75) is 51.9 Å². The molecule has 1 aliphatic carbocycles. The number of hydrogen-bond acceptors (Lipinski definition) is 1. The Bertz CT molecular complexity index is 181. The van der Waals surface area contributed by atoms with Crippen LogP contribution in [0.15, 0.2) is 0 Å². The highest BCUT2D eigenvalue weighted by Gasteiger charge is 2.11. The van der Waals surface area contributed by atoms with Crippen molar-refractivity contribution in [1.82, 2.24) is 5.32 Å². The van der Waals surface area contributed by atoms with Crippen LogP contribution < -0.4 is 5.32 Å². The van der Waals surface area contributed by atoms with Crippen LogP contribution in [0.1, 0.15) is 51.9 Å². The predicted octanol–water partition coefficient (Wildman–Crippen LogP) is 2.96. The van der Waals surface area contributed by atoms with E-state index in [1.165, 1.54) is 45.1 Å². The lowest BCUT2D eigenvalue weighted by Gasteiger charge is -2.21. The maximum Gasteiger partial charge on any atom is 0.0214 e. The second-order valence-corrected chi connectivity index (χ2v) is 4.22. The summed E-state index contributed by atoms with van der Waals surface area (Å²) in [5, 5.41) is 3.46. The molecule has 1 fully saturated rings. The van der Waals surface area contributed by atoms with E-state index in [9.17, 15) is 0 Å². The third kappa shape index (κ3) is 5.29. The molecule has 80 valence electrons. The maximum atomic E-state index is 3.46. The van der Waals surface area contributed by atoms with Crippen LogP contribution in [-0.2, 0) is 0 Å². The smallest absolute Gasteiger partial charge is 0.0214 e. The van der Waals surface area contributed by atoms with Gasteiger partial charge in [0.1, 0.15) is 0 Å². The van der Waals surface area contributed by atoms with Gasteiger partial charge in [0.05, 0.1) is 0 Å². The molecule has 1 aliphatic rings. The molecule has 0 radical (unpaired) electrons. The van der Waals surface area contributed by atoms with Crippen molar-refractivity contribution >= 4 is 0 Å². The van der Waals surface area contributed by atoms with Crippen LogP contribution in [0.5, 0.6) is 0 Å². The van der Waals surface area contributed by atoms with Gasteiger partial charge < -0.3 is 5.32 Å². The Labute approximate surface area is 88.7 Å². The molecule has 1 nitrogen and oxygen atoms in total. The monoisotopic (exact) mass is 193 g/mol. The first kappa shape index (κ1) is 11.6. The van der Waals surface area contributed by atoms with Crippen molar-refractivity contribution < 1.29 is 0 Å². The van der Waals surface area contributed by atoms with Crippen LogP contribution in [0.3, 0.4) is 0 Å². The van der Waals surface area contributed by atoms with Crippen molar-refractivity contribution in [3.05, 3.63) is 0 Å². The van der Waals surface area contributed by atoms with Gasteiger partial charge in [0.25, 0.3) is 0 Å². The molecule has 0 saturated heterocycles. The lowest BCUT2D eigenvalue weighted by atomic mass is 9.87. The second kappa shape index (κ2) is 7.88. The summed E-state index contributed by atoms with van der Waals surface area (Å²) >= 11 is 0. The van der Waals surface area contributed by atoms with E-state index in [0.29, 0.717) is 0 Å². The van der Waals surface area contributed by atoms with Gasteiger partial charge in [0.15, 0.2) is 0 Å². The van der Waals surface area contributed by atoms with Crippen molar-refractivity contribution in [1.29, 1.82) is 0 Å². The predicted molar refractivity (Wildman–Crippen MR) is 62.1 cm³/mol. The fourth-order valence-corrected chi connectivity index (χ4v) is 2.18. The summed E-state index contributed by atoms with van der Waals surface area (Å²) in [4.78, 5) is 0. The average Bonchev–Trinajstić information content (AvgIpc) is 2.25. The van der Waals surface area contributed by atoms with Crippen molar-refractivity contribution in [3.8, 4) is 11.8 Å². The normalized spacial score (nSPS) is 17.5. The van der Waals surface area contributed by atoms with E-state index in [1.54, 1.807) is 0 Å². The summed E-state index contributed by atoms with van der Waals surface area (Å²) in [7, 11) is 0. The summed E-state index contributed by atoms with van der Waals surface area (Å²) in [6.45, 7) is 4.16. The largest absolute Gasteiger partial charge is 0.316 e. The summed E-state index contributed by atoms with van der Waals surface area (Å²) in [5.41, 5.74) is 0. The van der Waals surface area contributed by atoms with Gasteiger partial charge in [-0.15, -0.1) is 11.8 Å². The first-order chi connectivity index (χ1) is 6.93. The molecule has 0 aromatic rings. The number of hydrogen-bond donors (Lipinski definition) is 1. The van der Waals surface area contributed by atoms with Crippen molar-refractivity contribution in [2.75, 3.05) is 13.1 Å². The third-order valence-corrected chi connectivity index (χ3v) is 3.06. The molecule has 0 unspecified atom stereocenters. The van der Waals surface area contributed by atoms with Crippen molar-refractivity contribution in [2.24, 2.45) is 5.92 Å². The lowest BCUT2D eigenvalue weighted by Crippen LogP contribution is -2.20. The molecule has 0 spiro atoms. The molecule has 1 N–H and O–H groups in total. The molecule has 0 aliphatic heterocycles. The Morgan fingerprint density at radius 1 is 1.14 bits per heavy atom. The zero-order valence-corrected chi connectivity index (χ0v) is 9.44. The van der Waals surface area contributed by atoms with E-state index >= 15 is 0 Å². The van der Waals surface area contributed by atoms with E-state index in [0.717, 1.165) is 18.9 Å². The van der Waals surface area contributed by atoms with E-state index in [-0.39, 0.29) is 0 Å². The Morgan fingerprint density at radius 3 is 2.64 bits per heavy atom. The topological polar surface area (TPSA) is 12.0 Å². The third-order valence-electron chi connectivity index (χ3n) is 3.06. The minimum Gasteiger partial charge on any atom is -0.316 e.